The van der Waals surface area contributed by atoms with Gasteiger partial charge in [-0.05, 0) is 31.5 Å². The highest BCUT2D eigenvalue weighted by Gasteiger charge is 2.20. The van der Waals surface area contributed by atoms with Crippen molar-refractivity contribution in [3.63, 3.8) is 0 Å². The third-order valence-corrected chi connectivity index (χ3v) is 2.61. The van der Waals surface area contributed by atoms with Crippen LogP contribution in [0.15, 0.2) is 24.3 Å². The second-order valence-electron chi connectivity index (χ2n) is 4.11. The molecule has 104 valence electrons. The summed E-state index contributed by atoms with van der Waals surface area (Å²) in [4.78, 5) is 22.2. The Morgan fingerprint density at radius 1 is 1.42 bits per heavy atom. The third kappa shape index (κ3) is 4.42. The van der Waals surface area contributed by atoms with Gasteiger partial charge < -0.3 is 10.5 Å². The number of nitro benzene ring substituents is 1. The van der Waals surface area contributed by atoms with Crippen molar-refractivity contribution in [1.29, 1.82) is 0 Å². The first-order valence-corrected chi connectivity index (χ1v) is 6.20. The fraction of sp³-hybridized carbons (Fsp3) is 0.462. The van der Waals surface area contributed by atoms with Gasteiger partial charge in [0, 0.05) is 24.3 Å². The smallest absolute Gasteiger partial charge is 0.269 e. The number of rotatable bonds is 8. The van der Waals surface area contributed by atoms with Gasteiger partial charge in [-0.3, -0.25) is 14.9 Å². The lowest BCUT2D eigenvalue weighted by atomic mass is 10.0. The minimum absolute atomic E-state index is 0.0404. The largest absolute Gasteiger partial charge is 0.370 e. The molecule has 2 N–H and O–H groups in total. The molecule has 1 rings (SSSR count). The van der Waals surface area contributed by atoms with Crippen LogP contribution in [0.3, 0.4) is 0 Å². The average molecular weight is 266 g/mol. The van der Waals surface area contributed by atoms with E-state index in [0.717, 1.165) is 6.42 Å². The van der Waals surface area contributed by atoms with Crippen LogP contribution in [0.4, 0.5) is 5.69 Å². The van der Waals surface area contributed by atoms with Crippen LogP contribution in [0.1, 0.15) is 30.1 Å². The van der Waals surface area contributed by atoms with Gasteiger partial charge in [0.2, 0.25) is 0 Å². The summed E-state index contributed by atoms with van der Waals surface area (Å²) in [5.74, 6) is -0.186. The van der Waals surface area contributed by atoms with Gasteiger partial charge in [0.1, 0.15) is 6.10 Å². The van der Waals surface area contributed by atoms with Crippen LogP contribution < -0.4 is 5.73 Å². The van der Waals surface area contributed by atoms with Crippen LogP contribution >= 0.6 is 0 Å². The lowest BCUT2D eigenvalue weighted by Crippen LogP contribution is -2.27. The van der Waals surface area contributed by atoms with E-state index in [0.29, 0.717) is 25.1 Å². The molecular weight excluding hydrogens is 248 g/mol. The fourth-order valence-electron chi connectivity index (χ4n) is 1.63. The highest BCUT2D eigenvalue weighted by atomic mass is 16.6. The number of Topliss-reactive ketones (excluding diaryl/α,β-unsaturated/α-hetero) is 1. The van der Waals surface area contributed by atoms with Crippen LogP contribution in [0.2, 0.25) is 0 Å². The van der Waals surface area contributed by atoms with Crippen molar-refractivity contribution in [3.05, 3.63) is 39.9 Å². The Kier molecular flexibility index (Phi) is 6.11. The molecule has 6 heteroatoms. The molecule has 1 atom stereocenters. The molecule has 0 saturated carbocycles. The van der Waals surface area contributed by atoms with E-state index in [1.54, 1.807) is 0 Å². The van der Waals surface area contributed by atoms with E-state index in [4.69, 9.17) is 10.5 Å². The number of ketones is 1. The van der Waals surface area contributed by atoms with E-state index in [9.17, 15) is 14.9 Å². The van der Waals surface area contributed by atoms with E-state index < -0.39 is 11.0 Å². The summed E-state index contributed by atoms with van der Waals surface area (Å²) in [6.07, 6.45) is 0.677. The SMILES string of the molecule is CCCOC(CCN)C(=O)c1ccc([N+](=O)[O-])cc1. The molecule has 19 heavy (non-hydrogen) atoms. The van der Waals surface area contributed by atoms with Crippen LogP contribution in [0.25, 0.3) is 0 Å². The Labute approximate surface area is 111 Å². The molecule has 1 aromatic rings. The number of non-ortho nitro benzene ring substituents is 1. The first kappa shape index (κ1) is 15.3. The Bertz CT molecular complexity index is 431. The lowest BCUT2D eigenvalue weighted by Gasteiger charge is -2.15. The lowest BCUT2D eigenvalue weighted by molar-refractivity contribution is -0.384. The van der Waals surface area contributed by atoms with Gasteiger partial charge in [-0.25, -0.2) is 0 Å². The molecular formula is C13H18N2O4. The van der Waals surface area contributed by atoms with Gasteiger partial charge in [-0.1, -0.05) is 6.92 Å². The number of nitro groups is 1. The van der Waals surface area contributed by atoms with E-state index >= 15 is 0 Å². The maximum Gasteiger partial charge on any atom is 0.269 e. The molecule has 0 aliphatic heterocycles. The fourth-order valence-corrected chi connectivity index (χ4v) is 1.63. The van der Waals surface area contributed by atoms with Crippen molar-refractivity contribution in [2.75, 3.05) is 13.2 Å². The second kappa shape index (κ2) is 7.60. The molecule has 0 amide bonds. The molecule has 0 aliphatic carbocycles. The van der Waals surface area contributed by atoms with E-state index in [1.165, 1.54) is 24.3 Å². The quantitative estimate of drug-likeness (QED) is 0.440. The van der Waals surface area contributed by atoms with Crippen molar-refractivity contribution < 1.29 is 14.5 Å². The van der Waals surface area contributed by atoms with Gasteiger partial charge in [0.15, 0.2) is 5.78 Å². The van der Waals surface area contributed by atoms with Gasteiger partial charge in [0.25, 0.3) is 5.69 Å². The third-order valence-electron chi connectivity index (χ3n) is 2.61. The van der Waals surface area contributed by atoms with E-state index in [1.807, 2.05) is 6.92 Å². The zero-order chi connectivity index (χ0) is 14.3. The van der Waals surface area contributed by atoms with E-state index in [2.05, 4.69) is 0 Å². The Balaban J connectivity index is 2.80. The summed E-state index contributed by atoms with van der Waals surface area (Å²) in [5, 5.41) is 10.5. The monoisotopic (exact) mass is 266 g/mol. The molecule has 6 nitrogen and oxygen atoms in total. The van der Waals surface area contributed by atoms with Crippen LogP contribution in [-0.4, -0.2) is 30.0 Å². The highest BCUT2D eigenvalue weighted by molar-refractivity contribution is 5.99. The van der Waals surface area contributed by atoms with Gasteiger partial charge >= 0.3 is 0 Å². The van der Waals surface area contributed by atoms with Crippen molar-refractivity contribution in [2.24, 2.45) is 5.73 Å². The predicted octanol–water partition coefficient (Wildman–Crippen LogP) is 1.92. The van der Waals surface area contributed by atoms with Gasteiger partial charge in [0.05, 0.1) is 4.92 Å². The Hall–Kier alpha value is -1.79. The molecule has 0 aliphatic rings. The number of benzene rings is 1. The topological polar surface area (TPSA) is 95.5 Å². The number of nitrogens with zero attached hydrogens (tertiary/aromatic N) is 1. The molecule has 0 radical (unpaired) electrons. The zero-order valence-electron chi connectivity index (χ0n) is 10.9. The molecule has 0 spiro atoms. The summed E-state index contributed by atoms with van der Waals surface area (Å²) >= 11 is 0. The first-order chi connectivity index (χ1) is 9.10. The summed E-state index contributed by atoms with van der Waals surface area (Å²) in [6, 6.07) is 5.51. The molecule has 1 unspecified atom stereocenters. The number of ether oxygens (including phenoxy) is 1. The van der Waals surface area contributed by atoms with Crippen molar-refractivity contribution in [2.45, 2.75) is 25.9 Å². The Morgan fingerprint density at radius 3 is 2.53 bits per heavy atom. The molecule has 0 saturated heterocycles. The van der Waals surface area contributed by atoms with Crippen LogP contribution in [-0.2, 0) is 4.74 Å². The summed E-state index contributed by atoms with van der Waals surface area (Å²) in [7, 11) is 0. The molecule has 0 bridgehead atoms. The minimum Gasteiger partial charge on any atom is -0.370 e. The van der Waals surface area contributed by atoms with Crippen LogP contribution in [0, 0.1) is 10.1 Å². The second-order valence-corrected chi connectivity index (χ2v) is 4.11. The minimum atomic E-state index is -0.577. The van der Waals surface area contributed by atoms with Crippen molar-refractivity contribution in [1.82, 2.24) is 0 Å². The molecule has 0 fully saturated rings. The predicted molar refractivity (Wildman–Crippen MR) is 71.1 cm³/mol. The Morgan fingerprint density at radius 2 is 2.05 bits per heavy atom. The molecule has 0 heterocycles. The zero-order valence-corrected chi connectivity index (χ0v) is 10.9. The number of carbonyl (C=O) groups is 1. The normalized spacial score (nSPS) is 12.1. The first-order valence-electron chi connectivity index (χ1n) is 6.20. The van der Waals surface area contributed by atoms with Crippen LogP contribution in [0.5, 0.6) is 0 Å². The summed E-state index contributed by atoms with van der Waals surface area (Å²) < 4.78 is 5.46. The van der Waals surface area contributed by atoms with E-state index in [-0.39, 0.29) is 11.5 Å². The van der Waals surface area contributed by atoms with Gasteiger partial charge in [-0.2, -0.15) is 0 Å². The van der Waals surface area contributed by atoms with Gasteiger partial charge in [-0.15, -0.1) is 0 Å². The number of nitrogens with two attached hydrogens (primary N) is 1. The number of hydrogen-bond donors (Lipinski definition) is 1. The molecule has 1 aromatic carbocycles. The van der Waals surface area contributed by atoms with Crippen molar-refractivity contribution in [3.8, 4) is 0 Å². The molecule has 0 aromatic heterocycles. The van der Waals surface area contributed by atoms with Crippen molar-refractivity contribution >= 4 is 11.5 Å². The highest BCUT2D eigenvalue weighted by Crippen LogP contribution is 2.15. The maximum atomic E-state index is 12.2. The summed E-state index contributed by atoms with van der Waals surface area (Å²) in [6.45, 7) is 2.80. The summed E-state index contributed by atoms with van der Waals surface area (Å²) in [5.41, 5.74) is 5.82. The number of hydrogen-bond acceptors (Lipinski definition) is 5. The average Bonchev–Trinajstić information content (AvgIpc) is 2.42. The number of carbonyl (C=O) groups excluding carboxylic acids is 1. The standard InChI is InChI=1S/C13H18N2O4/c1-2-9-19-12(7-8-14)13(16)10-3-5-11(6-4-10)15(17)18/h3-6,12H,2,7-9,14H2,1H3. The maximum absolute atomic E-state index is 12.2.